The van der Waals surface area contributed by atoms with Crippen molar-refractivity contribution in [2.24, 2.45) is 0 Å². The number of hydrogen-bond acceptors (Lipinski definition) is 3. The van der Waals surface area contributed by atoms with E-state index in [0.717, 1.165) is 0 Å². The van der Waals surface area contributed by atoms with Crippen LogP contribution in [0, 0.1) is 0 Å². The molecule has 0 radical (unpaired) electrons. The Balaban J connectivity index is 3.21. The minimum atomic E-state index is -0.198. The predicted octanol–water partition coefficient (Wildman–Crippen LogP) is 2.27. The number of phenolic OH excluding ortho intramolecular Hbond substituents is 1. The monoisotopic (exact) mass is 192 g/mol. The fourth-order valence-electron chi connectivity index (χ4n) is 1.30. The zero-order valence-electron chi connectivity index (χ0n) is 8.11. The molecule has 3 heteroatoms. The zero-order valence-corrected chi connectivity index (χ0v) is 8.11. The lowest BCUT2D eigenvalue weighted by Gasteiger charge is -2.05. The third kappa shape index (κ3) is 2.13. The number of benzene rings is 1. The van der Waals surface area contributed by atoms with Gasteiger partial charge >= 0.3 is 0 Å². The largest absolute Gasteiger partial charge is 0.512 e. The van der Waals surface area contributed by atoms with E-state index in [1.54, 1.807) is 12.1 Å². The molecule has 0 saturated heterocycles. The van der Waals surface area contributed by atoms with Crippen molar-refractivity contribution in [3.05, 3.63) is 35.6 Å². The van der Waals surface area contributed by atoms with E-state index < -0.39 is 0 Å². The standard InChI is InChI=1S/C11H12O3/c1-7(12)11(8(2)13)9-3-5-10(14)6-4-9/h3-6,12,14H,1-2H3/b11-7+. The Morgan fingerprint density at radius 1 is 1.14 bits per heavy atom. The van der Waals surface area contributed by atoms with E-state index in [9.17, 15) is 9.90 Å². The summed E-state index contributed by atoms with van der Waals surface area (Å²) >= 11 is 0. The van der Waals surface area contributed by atoms with Crippen LogP contribution in [-0.4, -0.2) is 16.0 Å². The Hall–Kier alpha value is -1.77. The molecule has 14 heavy (non-hydrogen) atoms. The van der Waals surface area contributed by atoms with Crippen LogP contribution in [0.4, 0.5) is 0 Å². The summed E-state index contributed by atoms with van der Waals surface area (Å²) in [4.78, 5) is 11.2. The molecule has 1 aromatic carbocycles. The van der Waals surface area contributed by atoms with Crippen LogP contribution in [0.2, 0.25) is 0 Å². The van der Waals surface area contributed by atoms with Crippen LogP contribution >= 0.6 is 0 Å². The molecule has 0 aliphatic rings. The average Bonchev–Trinajstić information content (AvgIpc) is 2.07. The molecule has 0 amide bonds. The number of aromatic hydroxyl groups is 1. The molecule has 0 unspecified atom stereocenters. The number of rotatable bonds is 2. The summed E-state index contributed by atoms with van der Waals surface area (Å²) in [6.07, 6.45) is 0. The smallest absolute Gasteiger partial charge is 0.163 e. The lowest BCUT2D eigenvalue weighted by molar-refractivity contribution is -0.111. The van der Waals surface area contributed by atoms with E-state index in [4.69, 9.17) is 5.11 Å². The van der Waals surface area contributed by atoms with Crippen molar-refractivity contribution in [1.82, 2.24) is 0 Å². The summed E-state index contributed by atoms with van der Waals surface area (Å²) in [5.74, 6) is -0.0777. The van der Waals surface area contributed by atoms with Crippen molar-refractivity contribution < 1.29 is 15.0 Å². The maximum atomic E-state index is 11.2. The highest BCUT2D eigenvalue weighted by Gasteiger charge is 2.10. The van der Waals surface area contributed by atoms with Crippen molar-refractivity contribution in [2.45, 2.75) is 13.8 Å². The molecule has 0 aliphatic carbocycles. The van der Waals surface area contributed by atoms with E-state index in [1.165, 1.54) is 26.0 Å². The van der Waals surface area contributed by atoms with Crippen molar-refractivity contribution in [3.63, 3.8) is 0 Å². The van der Waals surface area contributed by atoms with Crippen LogP contribution in [-0.2, 0) is 4.79 Å². The number of aliphatic hydroxyl groups excluding tert-OH is 1. The normalized spacial score (nSPS) is 12.1. The Kier molecular flexibility index (Phi) is 2.92. The van der Waals surface area contributed by atoms with Gasteiger partial charge in [0.2, 0.25) is 0 Å². The van der Waals surface area contributed by atoms with Gasteiger partial charge in [0, 0.05) is 0 Å². The topological polar surface area (TPSA) is 57.5 Å². The Bertz CT molecular complexity index is 370. The van der Waals surface area contributed by atoms with Gasteiger partial charge in [0.05, 0.1) is 5.57 Å². The number of allylic oxidation sites excluding steroid dienone is 2. The molecule has 0 atom stereocenters. The highest BCUT2D eigenvalue weighted by Crippen LogP contribution is 2.20. The summed E-state index contributed by atoms with van der Waals surface area (Å²) in [5, 5.41) is 18.4. The molecule has 2 N–H and O–H groups in total. The van der Waals surface area contributed by atoms with Crippen molar-refractivity contribution >= 4 is 11.4 Å². The molecule has 0 bridgehead atoms. The van der Waals surface area contributed by atoms with Gasteiger partial charge in [0.15, 0.2) is 5.78 Å². The van der Waals surface area contributed by atoms with E-state index in [2.05, 4.69) is 0 Å². The van der Waals surface area contributed by atoms with Crippen LogP contribution in [0.1, 0.15) is 19.4 Å². The van der Waals surface area contributed by atoms with Gasteiger partial charge in [-0.2, -0.15) is 0 Å². The van der Waals surface area contributed by atoms with Crippen molar-refractivity contribution in [3.8, 4) is 5.75 Å². The van der Waals surface area contributed by atoms with Crippen LogP contribution in [0.25, 0.3) is 5.57 Å². The lowest BCUT2D eigenvalue weighted by Crippen LogP contribution is -1.98. The Labute approximate surface area is 82.3 Å². The van der Waals surface area contributed by atoms with Crippen LogP contribution in [0.15, 0.2) is 30.0 Å². The summed E-state index contributed by atoms with van der Waals surface area (Å²) in [5.41, 5.74) is 0.889. The molecule has 0 spiro atoms. The van der Waals surface area contributed by atoms with Gasteiger partial charge in [-0.15, -0.1) is 0 Å². The maximum absolute atomic E-state index is 11.2. The van der Waals surface area contributed by atoms with E-state index in [-0.39, 0.29) is 22.9 Å². The second-order valence-electron chi connectivity index (χ2n) is 3.06. The second kappa shape index (κ2) is 3.96. The first-order valence-electron chi connectivity index (χ1n) is 4.22. The van der Waals surface area contributed by atoms with Gasteiger partial charge in [0.1, 0.15) is 11.5 Å². The fraction of sp³-hybridized carbons (Fsp3) is 0.182. The molecule has 0 fully saturated rings. The quantitative estimate of drug-likeness (QED) is 0.558. The molecular weight excluding hydrogens is 180 g/mol. The fourth-order valence-corrected chi connectivity index (χ4v) is 1.30. The highest BCUT2D eigenvalue weighted by molar-refractivity contribution is 6.20. The first kappa shape index (κ1) is 10.3. The lowest BCUT2D eigenvalue weighted by atomic mass is 10.0. The molecule has 0 aromatic heterocycles. The predicted molar refractivity (Wildman–Crippen MR) is 54.0 cm³/mol. The zero-order chi connectivity index (χ0) is 10.7. The van der Waals surface area contributed by atoms with E-state index in [0.29, 0.717) is 5.56 Å². The van der Waals surface area contributed by atoms with Crippen LogP contribution < -0.4 is 0 Å². The summed E-state index contributed by atoms with van der Waals surface area (Å²) in [6.45, 7) is 2.85. The van der Waals surface area contributed by atoms with Crippen LogP contribution in [0.3, 0.4) is 0 Å². The number of hydrogen-bond donors (Lipinski definition) is 2. The van der Waals surface area contributed by atoms with Crippen molar-refractivity contribution in [2.75, 3.05) is 0 Å². The Morgan fingerprint density at radius 3 is 2.00 bits per heavy atom. The first-order valence-corrected chi connectivity index (χ1v) is 4.22. The molecule has 0 heterocycles. The molecule has 74 valence electrons. The van der Waals surface area contributed by atoms with E-state index in [1.807, 2.05) is 0 Å². The maximum Gasteiger partial charge on any atom is 0.163 e. The summed E-state index contributed by atoms with van der Waals surface area (Å²) < 4.78 is 0. The minimum absolute atomic E-state index is 0.0109. The third-order valence-corrected chi connectivity index (χ3v) is 1.87. The first-order chi connectivity index (χ1) is 6.52. The van der Waals surface area contributed by atoms with Crippen molar-refractivity contribution in [1.29, 1.82) is 0 Å². The number of Topliss-reactive ketones (excluding diaryl/α,β-unsaturated/α-hetero) is 1. The van der Waals surface area contributed by atoms with Gasteiger partial charge in [-0.1, -0.05) is 12.1 Å². The molecule has 3 nitrogen and oxygen atoms in total. The molecule has 1 rings (SSSR count). The summed E-state index contributed by atoms with van der Waals surface area (Å²) in [6, 6.07) is 6.12. The molecule has 0 aliphatic heterocycles. The van der Waals surface area contributed by atoms with E-state index >= 15 is 0 Å². The SMILES string of the molecule is CC(=O)/C(=C(/C)O)c1ccc(O)cc1. The highest BCUT2D eigenvalue weighted by atomic mass is 16.3. The summed E-state index contributed by atoms with van der Waals surface area (Å²) in [7, 11) is 0. The number of ketones is 1. The molecular formula is C11H12O3. The van der Waals surface area contributed by atoms with Gasteiger partial charge in [0.25, 0.3) is 0 Å². The Morgan fingerprint density at radius 2 is 1.64 bits per heavy atom. The molecule has 0 saturated carbocycles. The average molecular weight is 192 g/mol. The molecule has 1 aromatic rings. The number of phenols is 1. The number of aliphatic hydroxyl groups is 1. The van der Waals surface area contributed by atoms with Gasteiger partial charge in [-0.3, -0.25) is 4.79 Å². The second-order valence-corrected chi connectivity index (χ2v) is 3.06. The minimum Gasteiger partial charge on any atom is -0.512 e. The third-order valence-electron chi connectivity index (χ3n) is 1.87. The number of carbonyl (C=O) groups is 1. The van der Waals surface area contributed by atoms with Gasteiger partial charge < -0.3 is 10.2 Å². The van der Waals surface area contributed by atoms with Crippen LogP contribution in [0.5, 0.6) is 5.75 Å². The van der Waals surface area contributed by atoms with Gasteiger partial charge in [-0.05, 0) is 31.5 Å². The number of carbonyl (C=O) groups excluding carboxylic acids is 1. The van der Waals surface area contributed by atoms with Gasteiger partial charge in [-0.25, -0.2) is 0 Å².